The Balaban J connectivity index is 2.09. The molecule has 0 aliphatic carbocycles. The van der Waals surface area contributed by atoms with E-state index in [1.807, 2.05) is 6.92 Å². The van der Waals surface area contributed by atoms with Crippen molar-refractivity contribution in [2.45, 2.75) is 25.8 Å². The van der Waals surface area contributed by atoms with Crippen LogP contribution >= 0.6 is 0 Å². The molecule has 1 rings (SSSR count). The van der Waals surface area contributed by atoms with E-state index >= 15 is 0 Å². The van der Waals surface area contributed by atoms with Gasteiger partial charge in [0.1, 0.15) is 0 Å². The van der Waals surface area contributed by atoms with E-state index in [2.05, 4.69) is 23.9 Å². The Kier molecular flexibility index (Phi) is 5.45. The highest BCUT2D eigenvalue weighted by Crippen LogP contribution is 2.15. The van der Waals surface area contributed by atoms with Crippen molar-refractivity contribution < 1.29 is 4.74 Å². The summed E-state index contributed by atoms with van der Waals surface area (Å²) < 4.78 is 5.34. The topological polar surface area (TPSA) is 15.7 Å². The minimum Gasteiger partial charge on any atom is -0.380 e. The second-order valence-electron chi connectivity index (χ2n) is 4.24. The van der Waals surface area contributed by atoms with Gasteiger partial charge in [0.15, 0.2) is 0 Å². The van der Waals surface area contributed by atoms with Crippen molar-refractivity contribution in [2.75, 3.05) is 46.9 Å². The van der Waals surface area contributed by atoms with E-state index in [-0.39, 0.29) is 0 Å². The summed E-state index contributed by atoms with van der Waals surface area (Å²) in [6.07, 6.45) is 2.72. The Morgan fingerprint density at radius 2 is 2.29 bits per heavy atom. The highest BCUT2D eigenvalue weighted by atomic mass is 16.5. The molecular weight excluding hydrogens is 176 g/mol. The van der Waals surface area contributed by atoms with Crippen LogP contribution in [0.1, 0.15) is 19.8 Å². The summed E-state index contributed by atoms with van der Waals surface area (Å²) in [4.78, 5) is 4.85. The van der Waals surface area contributed by atoms with Gasteiger partial charge in [-0.1, -0.05) is 0 Å². The van der Waals surface area contributed by atoms with Crippen LogP contribution in [0.5, 0.6) is 0 Å². The summed E-state index contributed by atoms with van der Waals surface area (Å²) in [5.41, 5.74) is 0. The molecule has 0 N–H and O–H groups in total. The summed E-state index contributed by atoms with van der Waals surface area (Å²) in [6, 6.07) is 0.765. The average molecular weight is 200 g/mol. The molecule has 1 saturated heterocycles. The lowest BCUT2D eigenvalue weighted by atomic mass is 10.2. The third-order valence-corrected chi connectivity index (χ3v) is 3.02. The molecule has 0 saturated carbocycles. The zero-order valence-corrected chi connectivity index (χ0v) is 9.83. The fourth-order valence-electron chi connectivity index (χ4n) is 2.03. The molecule has 0 amide bonds. The molecule has 3 nitrogen and oxygen atoms in total. The van der Waals surface area contributed by atoms with E-state index in [0.29, 0.717) is 0 Å². The maximum absolute atomic E-state index is 5.34. The molecule has 1 aliphatic heterocycles. The van der Waals surface area contributed by atoms with Crippen molar-refractivity contribution >= 4 is 0 Å². The molecule has 1 aliphatic rings. The number of hydrogen-bond donors (Lipinski definition) is 0. The highest BCUT2D eigenvalue weighted by Gasteiger charge is 2.21. The summed E-state index contributed by atoms with van der Waals surface area (Å²) >= 11 is 0. The number of nitrogens with zero attached hydrogens (tertiary/aromatic N) is 2. The van der Waals surface area contributed by atoms with E-state index in [1.165, 1.54) is 25.9 Å². The molecule has 0 bridgehead atoms. The zero-order chi connectivity index (χ0) is 10.4. The minimum atomic E-state index is 0.765. The fourth-order valence-corrected chi connectivity index (χ4v) is 2.03. The van der Waals surface area contributed by atoms with Crippen LogP contribution in [0.3, 0.4) is 0 Å². The Hall–Kier alpha value is -0.120. The zero-order valence-electron chi connectivity index (χ0n) is 9.83. The molecular formula is C11H24N2O. The lowest BCUT2D eigenvalue weighted by molar-refractivity contribution is 0.113. The molecule has 0 aromatic rings. The summed E-state index contributed by atoms with van der Waals surface area (Å²) in [7, 11) is 4.42. The molecule has 0 aromatic heterocycles. The molecule has 0 radical (unpaired) electrons. The third-order valence-electron chi connectivity index (χ3n) is 3.02. The van der Waals surface area contributed by atoms with E-state index < -0.39 is 0 Å². The first-order chi connectivity index (χ1) is 6.74. The van der Waals surface area contributed by atoms with Crippen LogP contribution in [0.15, 0.2) is 0 Å². The van der Waals surface area contributed by atoms with Crippen LogP contribution < -0.4 is 0 Å². The SMILES string of the molecule is CCOCCN(C)C[C@H]1CCCN1C. The number of likely N-dealkylation sites (N-methyl/N-ethyl adjacent to an activating group) is 2. The minimum absolute atomic E-state index is 0.765. The monoisotopic (exact) mass is 200 g/mol. The molecule has 1 fully saturated rings. The van der Waals surface area contributed by atoms with E-state index in [4.69, 9.17) is 4.74 Å². The molecule has 1 heterocycles. The van der Waals surface area contributed by atoms with Gasteiger partial charge in [0, 0.05) is 25.7 Å². The van der Waals surface area contributed by atoms with E-state index in [1.54, 1.807) is 0 Å². The first-order valence-corrected chi connectivity index (χ1v) is 5.70. The Labute approximate surface area is 88.0 Å². The number of ether oxygens (including phenoxy) is 1. The molecule has 84 valence electrons. The second kappa shape index (κ2) is 6.38. The standard InChI is InChI=1S/C11H24N2O/c1-4-14-9-8-12(2)10-11-6-5-7-13(11)3/h11H,4-10H2,1-3H3/t11-/m1/s1. The predicted molar refractivity (Wildman–Crippen MR) is 59.6 cm³/mol. The van der Waals surface area contributed by atoms with Gasteiger partial charge in [-0.25, -0.2) is 0 Å². The first-order valence-electron chi connectivity index (χ1n) is 5.70. The molecule has 1 atom stereocenters. The van der Waals surface area contributed by atoms with Crippen molar-refractivity contribution in [3.05, 3.63) is 0 Å². The van der Waals surface area contributed by atoms with Gasteiger partial charge in [-0.15, -0.1) is 0 Å². The Bertz CT molecular complexity index is 152. The largest absolute Gasteiger partial charge is 0.380 e. The van der Waals surface area contributed by atoms with Crippen molar-refractivity contribution in [1.82, 2.24) is 9.80 Å². The maximum atomic E-state index is 5.34. The number of likely N-dealkylation sites (tertiary alicyclic amines) is 1. The van der Waals surface area contributed by atoms with Gasteiger partial charge in [0.05, 0.1) is 6.61 Å². The van der Waals surface area contributed by atoms with Gasteiger partial charge < -0.3 is 14.5 Å². The van der Waals surface area contributed by atoms with Crippen molar-refractivity contribution in [3.8, 4) is 0 Å². The van der Waals surface area contributed by atoms with Gasteiger partial charge in [-0.05, 0) is 40.4 Å². The molecule has 3 heteroatoms. The van der Waals surface area contributed by atoms with Crippen LogP contribution in [-0.2, 0) is 4.74 Å². The third kappa shape index (κ3) is 3.95. The summed E-state index contributed by atoms with van der Waals surface area (Å²) in [5, 5.41) is 0. The lowest BCUT2D eigenvalue weighted by Gasteiger charge is -2.25. The van der Waals surface area contributed by atoms with Gasteiger partial charge in [-0.2, -0.15) is 0 Å². The van der Waals surface area contributed by atoms with Crippen LogP contribution in [0.25, 0.3) is 0 Å². The smallest absolute Gasteiger partial charge is 0.0593 e. The maximum Gasteiger partial charge on any atom is 0.0593 e. The quantitative estimate of drug-likeness (QED) is 0.596. The van der Waals surface area contributed by atoms with Crippen molar-refractivity contribution in [2.24, 2.45) is 0 Å². The highest BCUT2D eigenvalue weighted by molar-refractivity contribution is 4.78. The first kappa shape index (κ1) is 12.0. The van der Waals surface area contributed by atoms with Gasteiger partial charge in [0.25, 0.3) is 0 Å². The van der Waals surface area contributed by atoms with Crippen molar-refractivity contribution in [1.29, 1.82) is 0 Å². The molecule has 0 aromatic carbocycles. The van der Waals surface area contributed by atoms with Crippen LogP contribution in [0.2, 0.25) is 0 Å². The van der Waals surface area contributed by atoms with E-state index in [0.717, 1.165) is 25.8 Å². The van der Waals surface area contributed by atoms with Crippen LogP contribution in [-0.4, -0.2) is 62.8 Å². The Morgan fingerprint density at radius 3 is 2.86 bits per heavy atom. The summed E-state index contributed by atoms with van der Waals surface area (Å²) in [6.45, 7) is 7.25. The number of rotatable bonds is 6. The second-order valence-corrected chi connectivity index (χ2v) is 4.24. The molecule has 0 unspecified atom stereocenters. The van der Waals surface area contributed by atoms with Gasteiger partial charge in [-0.3, -0.25) is 0 Å². The lowest BCUT2D eigenvalue weighted by Crippen LogP contribution is -2.37. The average Bonchev–Trinajstić information content (AvgIpc) is 2.52. The van der Waals surface area contributed by atoms with E-state index in [9.17, 15) is 0 Å². The van der Waals surface area contributed by atoms with Gasteiger partial charge in [0.2, 0.25) is 0 Å². The number of hydrogen-bond acceptors (Lipinski definition) is 3. The predicted octanol–water partition coefficient (Wildman–Crippen LogP) is 1.05. The van der Waals surface area contributed by atoms with Crippen molar-refractivity contribution in [3.63, 3.8) is 0 Å². The normalized spacial score (nSPS) is 23.6. The Morgan fingerprint density at radius 1 is 1.50 bits per heavy atom. The summed E-state index contributed by atoms with van der Waals surface area (Å²) in [5.74, 6) is 0. The van der Waals surface area contributed by atoms with Crippen LogP contribution in [0, 0.1) is 0 Å². The molecule has 14 heavy (non-hydrogen) atoms. The fraction of sp³-hybridized carbons (Fsp3) is 1.00. The van der Waals surface area contributed by atoms with Crippen LogP contribution in [0.4, 0.5) is 0 Å². The van der Waals surface area contributed by atoms with Gasteiger partial charge >= 0.3 is 0 Å². The molecule has 0 spiro atoms.